The van der Waals surface area contributed by atoms with Gasteiger partial charge in [-0.25, -0.2) is 4.79 Å². The lowest BCUT2D eigenvalue weighted by Crippen LogP contribution is -2.34. The highest BCUT2D eigenvalue weighted by atomic mass is 35.5. The van der Waals surface area contributed by atoms with Crippen LogP contribution in [0.1, 0.15) is 4.88 Å². The highest BCUT2D eigenvalue weighted by molar-refractivity contribution is 7.18. The van der Waals surface area contributed by atoms with Crippen molar-refractivity contribution in [3.05, 3.63) is 31.8 Å². The van der Waals surface area contributed by atoms with Crippen LogP contribution in [0.2, 0.25) is 0 Å². The quantitative estimate of drug-likeness (QED) is 0.810. The molecule has 0 fully saturated rings. The summed E-state index contributed by atoms with van der Waals surface area (Å²) in [5.41, 5.74) is -0.0447. The first-order valence-corrected chi connectivity index (χ1v) is 5.78. The molecule has 0 spiro atoms. The summed E-state index contributed by atoms with van der Waals surface area (Å²) in [6.07, 6.45) is 0. The van der Waals surface area contributed by atoms with Crippen molar-refractivity contribution in [2.75, 3.05) is 5.88 Å². The highest BCUT2D eigenvalue weighted by Gasteiger charge is 2.09. The molecule has 0 saturated carbocycles. The Morgan fingerprint density at radius 1 is 1.53 bits per heavy atom. The molecule has 2 rings (SSSR count). The number of aromatic amines is 1. The highest BCUT2D eigenvalue weighted by Crippen LogP contribution is 2.18. The van der Waals surface area contributed by atoms with Crippen molar-refractivity contribution in [2.45, 2.75) is 13.5 Å². The third-order valence-electron chi connectivity index (χ3n) is 2.09. The van der Waals surface area contributed by atoms with E-state index in [-0.39, 0.29) is 18.0 Å². The molecule has 4 nitrogen and oxygen atoms in total. The van der Waals surface area contributed by atoms with Gasteiger partial charge in [-0.1, -0.05) is 0 Å². The summed E-state index contributed by atoms with van der Waals surface area (Å²) in [7, 11) is 0. The van der Waals surface area contributed by atoms with E-state index in [0.29, 0.717) is 10.2 Å². The molecule has 15 heavy (non-hydrogen) atoms. The number of rotatable bonds is 2. The SMILES string of the molecule is Cc1cc2[nH]c(=O)n(CCCl)c(=O)c2s1. The fourth-order valence-electron chi connectivity index (χ4n) is 1.45. The van der Waals surface area contributed by atoms with Crippen LogP contribution in [0.15, 0.2) is 15.7 Å². The average Bonchev–Trinajstić information content (AvgIpc) is 2.53. The lowest BCUT2D eigenvalue weighted by atomic mass is 10.4. The number of fused-ring (bicyclic) bond motifs is 1. The Labute approximate surface area is 94.1 Å². The molecule has 0 atom stereocenters. The fourth-order valence-corrected chi connectivity index (χ4v) is 2.54. The molecule has 1 N–H and O–H groups in total. The van der Waals surface area contributed by atoms with Crippen molar-refractivity contribution in [3.63, 3.8) is 0 Å². The molecule has 2 heterocycles. The second-order valence-corrected chi connectivity index (χ2v) is 4.81. The molecule has 0 aromatic carbocycles. The summed E-state index contributed by atoms with van der Waals surface area (Å²) in [5.74, 6) is 0.249. The number of thiophene rings is 1. The first-order valence-electron chi connectivity index (χ1n) is 4.42. The maximum absolute atomic E-state index is 11.8. The van der Waals surface area contributed by atoms with Crippen molar-refractivity contribution in [3.8, 4) is 0 Å². The lowest BCUT2D eigenvalue weighted by Gasteiger charge is -2.00. The second kappa shape index (κ2) is 3.83. The van der Waals surface area contributed by atoms with Gasteiger partial charge in [-0.3, -0.25) is 9.36 Å². The maximum Gasteiger partial charge on any atom is 0.328 e. The zero-order valence-electron chi connectivity index (χ0n) is 8.04. The Kier molecular flexibility index (Phi) is 2.67. The van der Waals surface area contributed by atoms with Crippen LogP contribution in [0, 0.1) is 6.92 Å². The molecule has 6 heteroatoms. The van der Waals surface area contributed by atoms with E-state index in [4.69, 9.17) is 11.6 Å². The first-order chi connectivity index (χ1) is 7.13. The van der Waals surface area contributed by atoms with Gasteiger partial charge in [0.15, 0.2) is 0 Å². The van der Waals surface area contributed by atoms with E-state index in [9.17, 15) is 9.59 Å². The first kappa shape index (κ1) is 10.4. The maximum atomic E-state index is 11.8. The Morgan fingerprint density at radius 3 is 2.93 bits per heavy atom. The molecule has 2 aromatic heterocycles. The molecule has 80 valence electrons. The monoisotopic (exact) mass is 244 g/mol. The van der Waals surface area contributed by atoms with Gasteiger partial charge in [0.05, 0.1) is 5.52 Å². The van der Waals surface area contributed by atoms with E-state index in [1.54, 1.807) is 6.07 Å². The van der Waals surface area contributed by atoms with Gasteiger partial charge in [0, 0.05) is 17.3 Å². The molecule has 0 aliphatic rings. The number of halogens is 1. The number of aryl methyl sites for hydroxylation is 1. The average molecular weight is 245 g/mol. The van der Waals surface area contributed by atoms with Gasteiger partial charge in [-0.05, 0) is 13.0 Å². The molecule has 0 radical (unpaired) electrons. The van der Waals surface area contributed by atoms with E-state index >= 15 is 0 Å². The molecular weight excluding hydrogens is 236 g/mol. The number of alkyl halides is 1. The molecule has 0 unspecified atom stereocenters. The Morgan fingerprint density at radius 2 is 2.27 bits per heavy atom. The van der Waals surface area contributed by atoms with Crippen LogP contribution in [-0.4, -0.2) is 15.4 Å². The van der Waals surface area contributed by atoms with E-state index in [2.05, 4.69) is 4.98 Å². The second-order valence-electron chi connectivity index (χ2n) is 3.18. The van der Waals surface area contributed by atoms with Crippen LogP contribution < -0.4 is 11.2 Å². The molecule has 0 bridgehead atoms. The van der Waals surface area contributed by atoms with E-state index in [1.807, 2.05) is 6.92 Å². The van der Waals surface area contributed by atoms with E-state index in [0.717, 1.165) is 9.44 Å². The third-order valence-corrected chi connectivity index (χ3v) is 3.30. The Balaban J connectivity index is 2.83. The van der Waals surface area contributed by atoms with E-state index in [1.165, 1.54) is 11.3 Å². The van der Waals surface area contributed by atoms with Crippen molar-refractivity contribution in [2.24, 2.45) is 0 Å². The van der Waals surface area contributed by atoms with Crippen LogP contribution in [0.5, 0.6) is 0 Å². The van der Waals surface area contributed by atoms with Crippen molar-refractivity contribution in [1.82, 2.24) is 9.55 Å². The summed E-state index contributed by atoms with van der Waals surface area (Å²) in [4.78, 5) is 27.0. The lowest BCUT2D eigenvalue weighted by molar-refractivity contribution is 0.690. The Bertz CT molecular complexity index is 611. The van der Waals surface area contributed by atoms with Gasteiger partial charge in [0.1, 0.15) is 4.70 Å². The normalized spacial score (nSPS) is 11.1. The zero-order chi connectivity index (χ0) is 11.0. The standard InChI is InChI=1S/C9H9ClN2O2S/c1-5-4-6-7(15-5)8(13)12(3-2-10)9(14)11-6/h4H,2-3H2,1H3,(H,11,14). The topological polar surface area (TPSA) is 54.9 Å². The fraction of sp³-hybridized carbons (Fsp3) is 0.333. The number of hydrogen-bond acceptors (Lipinski definition) is 3. The summed E-state index contributed by atoms with van der Waals surface area (Å²) in [6, 6.07) is 1.80. The van der Waals surface area contributed by atoms with Crippen LogP contribution in [-0.2, 0) is 6.54 Å². The smallest absolute Gasteiger partial charge is 0.306 e. The molecule has 0 amide bonds. The van der Waals surface area contributed by atoms with Crippen LogP contribution in [0.4, 0.5) is 0 Å². The van der Waals surface area contributed by atoms with Gasteiger partial charge in [0.2, 0.25) is 0 Å². The number of nitrogens with zero attached hydrogens (tertiary/aromatic N) is 1. The van der Waals surface area contributed by atoms with Gasteiger partial charge < -0.3 is 4.98 Å². The van der Waals surface area contributed by atoms with Gasteiger partial charge in [0.25, 0.3) is 5.56 Å². The van der Waals surface area contributed by atoms with Crippen molar-refractivity contribution in [1.29, 1.82) is 0 Å². The molecular formula is C9H9ClN2O2S. The van der Waals surface area contributed by atoms with Gasteiger partial charge >= 0.3 is 5.69 Å². The van der Waals surface area contributed by atoms with Crippen LogP contribution in [0.25, 0.3) is 10.2 Å². The predicted octanol–water partition coefficient (Wildman–Crippen LogP) is 1.30. The minimum atomic E-state index is -0.397. The minimum absolute atomic E-state index is 0.239. The van der Waals surface area contributed by atoms with Gasteiger partial charge in [-0.2, -0.15) is 0 Å². The minimum Gasteiger partial charge on any atom is -0.306 e. The number of nitrogens with one attached hydrogen (secondary N) is 1. The Hall–Kier alpha value is -1.07. The summed E-state index contributed by atoms with van der Waals surface area (Å²) in [6.45, 7) is 2.14. The zero-order valence-corrected chi connectivity index (χ0v) is 9.61. The molecule has 0 aliphatic heterocycles. The molecule has 0 aliphatic carbocycles. The molecule has 0 saturated heterocycles. The third kappa shape index (κ3) is 1.72. The van der Waals surface area contributed by atoms with Crippen molar-refractivity contribution >= 4 is 33.2 Å². The number of aromatic nitrogens is 2. The van der Waals surface area contributed by atoms with Crippen molar-refractivity contribution < 1.29 is 0 Å². The summed E-state index contributed by atoms with van der Waals surface area (Å²) in [5, 5.41) is 0. The summed E-state index contributed by atoms with van der Waals surface area (Å²) < 4.78 is 1.71. The number of H-pyrrole nitrogens is 1. The predicted molar refractivity (Wildman–Crippen MR) is 62.2 cm³/mol. The van der Waals surface area contributed by atoms with E-state index < -0.39 is 5.69 Å². The summed E-state index contributed by atoms with van der Waals surface area (Å²) >= 11 is 6.91. The molecule has 2 aromatic rings. The van der Waals surface area contributed by atoms with Gasteiger partial charge in [-0.15, -0.1) is 22.9 Å². The largest absolute Gasteiger partial charge is 0.328 e. The van der Waals surface area contributed by atoms with Crippen LogP contribution in [0.3, 0.4) is 0 Å². The number of hydrogen-bond donors (Lipinski definition) is 1. The van der Waals surface area contributed by atoms with Crippen LogP contribution >= 0.6 is 22.9 Å².